The summed E-state index contributed by atoms with van der Waals surface area (Å²) >= 11 is 0. The average molecular weight is 414 g/mol. The first-order chi connectivity index (χ1) is 14.4. The summed E-state index contributed by atoms with van der Waals surface area (Å²) in [6, 6.07) is 3.88. The number of nitrogens with zero attached hydrogens (tertiary/aromatic N) is 5. The van der Waals surface area contributed by atoms with Crippen LogP contribution in [0.3, 0.4) is 0 Å². The lowest BCUT2D eigenvalue weighted by atomic mass is 9.86. The Bertz CT molecular complexity index is 919. The SMILES string of the molecule is CCN(C)C(=O)OCc1c(-c2ccc(O[C@H]3CC34CCCCC4)c(C)n2)nnn1C. The topological polar surface area (TPSA) is 82.4 Å². The molecule has 1 atom stereocenters. The third-order valence-corrected chi connectivity index (χ3v) is 6.57. The fourth-order valence-corrected chi connectivity index (χ4v) is 4.32. The Morgan fingerprint density at radius 3 is 2.77 bits per heavy atom. The van der Waals surface area contributed by atoms with Crippen LogP contribution in [-0.4, -0.2) is 50.7 Å². The van der Waals surface area contributed by atoms with E-state index in [2.05, 4.69) is 10.3 Å². The van der Waals surface area contributed by atoms with Gasteiger partial charge in [-0.2, -0.15) is 0 Å². The second-order valence-electron chi connectivity index (χ2n) is 8.59. The highest BCUT2D eigenvalue weighted by Gasteiger charge is 2.56. The summed E-state index contributed by atoms with van der Waals surface area (Å²) in [6.45, 7) is 4.53. The summed E-state index contributed by atoms with van der Waals surface area (Å²) in [5, 5.41) is 8.34. The molecule has 2 aliphatic rings. The van der Waals surface area contributed by atoms with E-state index < -0.39 is 0 Å². The molecule has 2 saturated carbocycles. The summed E-state index contributed by atoms with van der Waals surface area (Å²) in [4.78, 5) is 18.2. The second kappa shape index (κ2) is 8.24. The van der Waals surface area contributed by atoms with Gasteiger partial charge in [-0.05, 0) is 45.2 Å². The molecule has 1 spiro atoms. The highest BCUT2D eigenvalue weighted by molar-refractivity contribution is 5.67. The average Bonchev–Trinajstić information content (AvgIpc) is 3.25. The molecular weight excluding hydrogens is 382 g/mol. The standard InChI is InChI=1S/C22H31N5O3/c1-5-26(3)21(28)29-14-17-20(24-25-27(17)4)16-9-10-18(15(2)23-16)30-19-13-22(19)11-7-6-8-12-22/h9-10,19H,5-8,11-14H2,1-4H3/t19-/m0/s1. The Labute approximate surface area is 177 Å². The van der Waals surface area contributed by atoms with Gasteiger partial charge in [0.2, 0.25) is 0 Å². The molecule has 162 valence electrons. The van der Waals surface area contributed by atoms with E-state index in [0.29, 0.717) is 35.1 Å². The lowest BCUT2D eigenvalue weighted by molar-refractivity contribution is 0.104. The molecule has 0 radical (unpaired) electrons. The molecule has 2 aliphatic carbocycles. The fourth-order valence-electron chi connectivity index (χ4n) is 4.32. The zero-order valence-corrected chi connectivity index (χ0v) is 18.3. The molecule has 2 heterocycles. The molecule has 2 aromatic rings. The summed E-state index contributed by atoms with van der Waals surface area (Å²) in [5.74, 6) is 0.840. The predicted molar refractivity (Wildman–Crippen MR) is 112 cm³/mol. The van der Waals surface area contributed by atoms with Gasteiger partial charge < -0.3 is 14.4 Å². The van der Waals surface area contributed by atoms with Crippen LogP contribution in [0.2, 0.25) is 0 Å². The molecule has 2 fully saturated rings. The van der Waals surface area contributed by atoms with Crippen molar-refractivity contribution in [2.75, 3.05) is 13.6 Å². The summed E-state index contributed by atoms with van der Waals surface area (Å²) < 4.78 is 13.3. The lowest BCUT2D eigenvalue weighted by Gasteiger charge is -2.22. The van der Waals surface area contributed by atoms with Crippen LogP contribution < -0.4 is 4.74 Å². The number of amides is 1. The maximum absolute atomic E-state index is 12.0. The Kier molecular flexibility index (Phi) is 5.66. The smallest absolute Gasteiger partial charge is 0.409 e. The number of carbonyl (C=O) groups is 1. The number of rotatable bonds is 6. The quantitative estimate of drug-likeness (QED) is 0.715. The third kappa shape index (κ3) is 4.00. The van der Waals surface area contributed by atoms with Crippen molar-refractivity contribution < 1.29 is 14.3 Å². The van der Waals surface area contributed by atoms with Crippen molar-refractivity contribution in [2.45, 2.75) is 65.1 Å². The van der Waals surface area contributed by atoms with Crippen LogP contribution in [-0.2, 0) is 18.4 Å². The molecule has 30 heavy (non-hydrogen) atoms. The van der Waals surface area contributed by atoms with Crippen LogP contribution in [0.25, 0.3) is 11.4 Å². The first kappa shape index (κ1) is 20.6. The molecule has 0 aromatic carbocycles. The van der Waals surface area contributed by atoms with Crippen LogP contribution in [0.4, 0.5) is 4.79 Å². The Morgan fingerprint density at radius 1 is 1.30 bits per heavy atom. The van der Waals surface area contributed by atoms with Gasteiger partial charge in [-0.1, -0.05) is 24.5 Å². The molecule has 2 aromatic heterocycles. The van der Waals surface area contributed by atoms with E-state index in [1.54, 1.807) is 18.8 Å². The lowest BCUT2D eigenvalue weighted by Crippen LogP contribution is -2.27. The molecule has 4 rings (SSSR count). The van der Waals surface area contributed by atoms with Gasteiger partial charge in [-0.15, -0.1) is 5.10 Å². The van der Waals surface area contributed by atoms with E-state index in [9.17, 15) is 4.79 Å². The number of hydrogen-bond acceptors (Lipinski definition) is 6. The van der Waals surface area contributed by atoms with E-state index in [1.807, 2.05) is 26.0 Å². The van der Waals surface area contributed by atoms with Crippen LogP contribution >= 0.6 is 0 Å². The summed E-state index contributed by atoms with van der Waals surface area (Å²) in [5.41, 5.74) is 3.28. The predicted octanol–water partition coefficient (Wildman–Crippen LogP) is 3.88. The minimum absolute atomic E-state index is 0.0889. The van der Waals surface area contributed by atoms with Crippen molar-refractivity contribution in [1.29, 1.82) is 0 Å². The first-order valence-electron chi connectivity index (χ1n) is 10.8. The van der Waals surface area contributed by atoms with Gasteiger partial charge in [0.05, 0.1) is 11.4 Å². The van der Waals surface area contributed by atoms with Crippen LogP contribution in [0.5, 0.6) is 5.75 Å². The van der Waals surface area contributed by atoms with E-state index in [-0.39, 0.29) is 12.7 Å². The number of hydrogen-bond donors (Lipinski definition) is 0. The van der Waals surface area contributed by atoms with Crippen molar-refractivity contribution >= 4 is 6.09 Å². The van der Waals surface area contributed by atoms with Gasteiger partial charge in [0.1, 0.15) is 29.8 Å². The van der Waals surface area contributed by atoms with E-state index in [4.69, 9.17) is 14.5 Å². The zero-order chi connectivity index (χ0) is 21.3. The summed E-state index contributed by atoms with van der Waals surface area (Å²) in [7, 11) is 3.48. The minimum Gasteiger partial charge on any atom is -0.488 e. The van der Waals surface area contributed by atoms with Gasteiger partial charge in [0.25, 0.3) is 0 Å². The van der Waals surface area contributed by atoms with Crippen LogP contribution in [0, 0.1) is 12.3 Å². The van der Waals surface area contributed by atoms with Crippen molar-refractivity contribution in [1.82, 2.24) is 24.9 Å². The maximum Gasteiger partial charge on any atom is 0.409 e. The number of aromatic nitrogens is 4. The third-order valence-electron chi connectivity index (χ3n) is 6.57. The molecule has 0 N–H and O–H groups in total. The van der Waals surface area contributed by atoms with Gasteiger partial charge in [0, 0.05) is 26.1 Å². The zero-order valence-electron chi connectivity index (χ0n) is 18.3. The van der Waals surface area contributed by atoms with Crippen LogP contribution in [0.15, 0.2) is 12.1 Å². The van der Waals surface area contributed by atoms with Crippen molar-refractivity contribution in [3.05, 3.63) is 23.5 Å². The summed E-state index contributed by atoms with van der Waals surface area (Å²) in [6.07, 6.45) is 7.70. The van der Waals surface area contributed by atoms with E-state index in [0.717, 1.165) is 11.4 Å². The molecule has 0 saturated heterocycles. The van der Waals surface area contributed by atoms with Crippen molar-refractivity contribution in [3.63, 3.8) is 0 Å². The van der Waals surface area contributed by atoms with Crippen LogP contribution in [0.1, 0.15) is 56.8 Å². The Hall–Kier alpha value is -2.64. The fraction of sp³-hybridized carbons (Fsp3) is 0.636. The van der Waals surface area contributed by atoms with Crippen molar-refractivity contribution in [3.8, 4) is 17.1 Å². The second-order valence-corrected chi connectivity index (χ2v) is 8.59. The monoisotopic (exact) mass is 413 g/mol. The normalized spacial score (nSPS) is 19.5. The first-order valence-corrected chi connectivity index (χ1v) is 10.8. The number of ether oxygens (including phenoxy) is 2. The molecule has 0 bridgehead atoms. The van der Waals surface area contributed by atoms with Gasteiger partial charge in [-0.3, -0.25) is 0 Å². The number of aryl methyl sites for hydroxylation is 2. The molecular formula is C22H31N5O3. The van der Waals surface area contributed by atoms with Gasteiger partial charge >= 0.3 is 6.09 Å². The highest BCUT2D eigenvalue weighted by Crippen LogP contribution is 2.58. The molecule has 0 aliphatic heterocycles. The minimum atomic E-state index is -0.376. The van der Waals surface area contributed by atoms with Gasteiger partial charge in [0.15, 0.2) is 0 Å². The molecule has 1 amide bonds. The van der Waals surface area contributed by atoms with Gasteiger partial charge in [-0.25, -0.2) is 14.5 Å². The maximum atomic E-state index is 12.0. The molecule has 8 heteroatoms. The van der Waals surface area contributed by atoms with E-state index >= 15 is 0 Å². The number of pyridine rings is 1. The highest BCUT2D eigenvalue weighted by atomic mass is 16.6. The molecule has 8 nitrogen and oxygen atoms in total. The number of carbonyl (C=O) groups excluding carboxylic acids is 1. The largest absolute Gasteiger partial charge is 0.488 e. The molecule has 0 unspecified atom stereocenters. The Morgan fingerprint density at radius 2 is 2.07 bits per heavy atom. The van der Waals surface area contributed by atoms with E-state index in [1.165, 1.54) is 43.4 Å². The van der Waals surface area contributed by atoms with Crippen molar-refractivity contribution in [2.24, 2.45) is 12.5 Å². The Balaban J connectivity index is 1.46.